The van der Waals surface area contributed by atoms with Gasteiger partial charge in [-0.2, -0.15) is 0 Å². The van der Waals surface area contributed by atoms with Crippen molar-refractivity contribution in [1.82, 2.24) is 4.98 Å². The summed E-state index contributed by atoms with van der Waals surface area (Å²) in [6.07, 6.45) is 0. The van der Waals surface area contributed by atoms with Gasteiger partial charge >= 0.3 is 0 Å². The van der Waals surface area contributed by atoms with E-state index in [0.717, 1.165) is 26.7 Å². The number of hydrogen-bond acceptors (Lipinski definition) is 4. The molecule has 0 amide bonds. The molecule has 1 aromatic heterocycles. The van der Waals surface area contributed by atoms with Crippen molar-refractivity contribution in [3.63, 3.8) is 0 Å². The molecule has 0 atom stereocenters. The molecule has 0 aliphatic heterocycles. The van der Waals surface area contributed by atoms with Crippen LogP contribution in [0.15, 0.2) is 64.6 Å². The number of aromatic nitrogens is 1. The van der Waals surface area contributed by atoms with Gasteiger partial charge in [-0.25, -0.2) is 4.98 Å². The molecule has 0 fully saturated rings. The van der Waals surface area contributed by atoms with E-state index in [9.17, 15) is 0 Å². The second kappa shape index (κ2) is 6.74. The van der Waals surface area contributed by atoms with Crippen molar-refractivity contribution in [2.75, 3.05) is 5.32 Å². The molecule has 3 rings (SSSR count). The summed E-state index contributed by atoms with van der Waals surface area (Å²) in [6.45, 7) is 0.576. The zero-order valence-corrected chi connectivity index (χ0v) is 13.5. The third-order valence-electron chi connectivity index (χ3n) is 2.83. The number of halogens is 1. The van der Waals surface area contributed by atoms with E-state index in [1.165, 1.54) is 0 Å². The van der Waals surface area contributed by atoms with Crippen LogP contribution in [0.2, 0.25) is 0 Å². The summed E-state index contributed by atoms with van der Waals surface area (Å²) in [5.74, 6) is 0.852. The SMILES string of the molecule is Brc1csc(Nc2ccc(OCc3ccccc3)cc2)n1. The summed E-state index contributed by atoms with van der Waals surface area (Å²) >= 11 is 4.89. The molecule has 0 aliphatic carbocycles. The van der Waals surface area contributed by atoms with Crippen molar-refractivity contribution in [2.24, 2.45) is 0 Å². The number of nitrogens with zero attached hydrogens (tertiary/aromatic N) is 1. The summed E-state index contributed by atoms with van der Waals surface area (Å²) in [6, 6.07) is 18.0. The van der Waals surface area contributed by atoms with E-state index in [0.29, 0.717) is 6.61 Å². The van der Waals surface area contributed by atoms with Crippen molar-refractivity contribution in [3.8, 4) is 5.75 Å². The van der Waals surface area contributed by atoms with Gasteiger partial charge in [0.05, 0.1) is 0 Å². The van der Waals surface area contributed by atoms with Crippen molar-refractivity contribution in [3.05, 3.63) is 70.1 Å². The number of rotatable bonds is 5. The van der Waals surface area contributed by atoms with Crippen LogP contribution >= 0.6 is 27.3 Å². The van der Waals surface area contributed by atoms with Gasteiger partial charge in [-0.1, -0.05) is 30.3 Å². The van der Waals surface area contributed by atoms with Crippen LogP contribution in [-0.4, -0.2) is 4.98 Å². The van der Waals surface area contributed by atoms with Gasteiger partial charge in [0, 0.05) is 11.1 Å². The third-order valence-corrected chi connectivity index (χ3v) is 4.30. The van der Waals surface area contributed by atoms with Crippen molar-refractivity contribution in [1.29, 1.82) is 0 Å². The van der Waals surface area contributed by atoms with Crippen LogP contribution in [0, 0.1) is 0 Å². The fraction of sp³-hybridized carbons (Fsp3) is 0.0625. The maximum atomic E-state index is 5.75. The Labute approximate surface area is 135 Å². The molecule has 1 N–H and O–H groups in total. The molecule has 0 bridgehead atoms. The zero-order chi connectivity index (χ0) is 14.5. The highest BCUT2D eigenvalue weighted by Crippen LogP contribution is 2.25. The largest absolute Gasteiger partial charge is 0.489 e. The van der Waals surface area contributed by atoms with E-state index < -0.39 is 0 Å². The lowest BCUT2D eigenvalue weighted by molar-refractivity contribution is 0.306. The molecule has 0 unspecified atom stereocenters. The van der Waals surface area contributed by atoms with E-state index in [-0.39, 0.29) is 0 Å². The van der Waals surface area contributed by atoms with Gasteiger partial charge in [0.2, 0.25) is 0 Å². The molecule has 0 aliphatic rings. The summed E-state index contributed by atoms with van der Waals surface area (Å²) < 4.78 is 6.60. The van der Waals surface area contributed by atoms with Crippen LogP contribution in [0.3, 0.4) is 0 Å². The second-order valence-corrected chi connectivity index (χ2v) is 6.07. The van der Waals surface area contributed by atoms with E-state index in [4.69, 9.17) is 4.74 Å². The van der Waals surface area contributed by atoms with Crippen LogP contribution in [0.5, 0.6) is 5.75 Å². The van der Waals surface area contributed by atoms with Gasteiger partial charge in [0.15, 0.2) is 5.13 Å². The monoisotopic (exact) mass is 360 g/mol. The van der Waals surface area contributed by atoms with Crippen LogP contribution in [0.4, 0.5) is 10.8 Å². The van der Waals surface area contributed by atoms with Crippen molar-refractivity contribution < 1.29 is 4.74 Å². The molecular weight excluding hydrogens is 348 g/mol. The number of thiazole rings is 1. The smallest absolute Gasteiger partial charge is 0.188 e. The third kappa shape index (κ3) is 4.06. The number of ether oxygens (including phenoxy) is 1. The molecule has 3 aromatic rings. The summed E-state index contributed by atoms with van der Waals surface area (Å²) in [7, 11) is 0. The predicted octanol–water partition coefficient (Wildman–Crippen LogP) is 5.23. The topological polar surface area (TPSA) is 34.1 Å². The Hall–Kier alpha value is -1.85. The van der Waals surface area contributed by atoms with E-state index >= 15 is 0 Å². The standard InChI is InChI=1S/C16H13BrN2OS/c17-15-11-21-16(19-15)18-13-6-8-14(9-7-13)20-10-12-4-2-1-3-5-12/h1-9,11H,10H2,(H,18,19). The number of benzene rings is 2. The second-order valence-electron chi connectivity index (χ2n) is 4.40. The van der Waals surface area contributed by atoms with Gasteiger partial charge in [-0.15, -0.1) is 11.3 Å². The Morgan fingerprint density at radius 1 is 1.05 bits per heavy atom. The minimum absolute atomic E-state index is 0.576. The zero-order valence-electron chi connectivity index (χ0n) is 11.1. The van der Waals surface area contributed by atoms with Gasteiger partial charge < -0.3 is 10.1 Å². The molecule has 106 valence electrons. The highest BCUT2D eigenvalue weighted by Gasteiger charge is 2.01. The molecule has 0 radical (unpaired) electrons. The van der Waals surface area contributed by atoms with Crippen molar-refractivity contribution >= 4 is 38.1 Å². The Bertz CT molecular complexity index is 698. The number of anilines is 2. The lowest BCUT2D eigenvalue weighted by Crippen LogP contribution is -1.95. The van der Waals surface area contributed by atoms with Gasteiger partial charge in [-0.05, 0) is 45.8 Å². The first-order valence-electron chi connectivity index (χ1n) is 6.44. The first kappa shape index (κ1) is 14.1. The summed E-state index contributed by atoms with van der Waals surface area (Å²) in [5.41, 5.74) is 2.15. The van der Waals surface area contributed by atoms with Gasteiger partial charge in [0.1, 0.15) is 17.0 Å². The quantitative estimate of drug-likeness (QED) is 0.676. The van der Waals surface area contributed by atoms with Crippen LogP contribution in [-0.2, 0) is 6.61 Å². The first-order valence-corrected chi connectivity index (χ1v) is 8.12. The molecule has 5 heteroatoms. The minimum Gasteiger partial charge on any atom is -0.489 e. The minimum atomic E-state index is 0.576. The Morgan fingerprint density at radius 3 is 2.48 bits per heavy atom. The molecule has 0 spiro atoms. The van der Waals surface area contributed by atoms with Crippen LogP contribution in [0.25, 0.3) is 0 Å². The first-order chi connectivity index (χ1) is 10.3. The highest BCUT2D eigenvalue weighted by molar-refractivity contribution is 9.10. The normalized spacial score (nSPS) is 10.3. The maximum Gasteiger partial charge on any atom is 0.188 e. The summed E-state index contributed by atoms with van der Waals surface area (Å²) in [5, 5.41) is 6.05. The van der Waals surface area contributed by atoms with E-state index in [1.807, 2.05) is 47.8 Å². The molecule has 0 saturated carbocycles. The summed E-state index contributed by atoms with van der Waals surface area (Å²) in [4.78, 5) is 4.30. The molecule has 0 saturated heterocycles. The van der Waals surface area contributed by atoms with Crippen LogP contribution < -0.4 is 10.1 Å². The maximum absolute atomic E-state index is 5.75. The Morgan fingerprint density at radius 2 is 1.81 bits per heavy atom. The number of nitrogens with one attached hydrogen (secondary N) is 1. The predicted molar refractivity (Wildman–Crippen MR) is 90.3 cm³/mol. The molecule has 3 nitrogen and oxygen atoms in total. The number of hydrogen-bond donors (Lipinski definition) is 1. The van der Waals surface area contributed by atoms with E-state index in [1.54, 1.807) is 11.3 Å². The Balaban J connectivity index is 1.59. The van der Waals surface area contributed by atoms with Crippen molar-refractivity contribution in [2.45, 2.75) is 6.61 Å². The fourth-order valence-corrected chi connectivity index (χ4v) is 2.97. The molecule has 2 aromatic carbocycles. The lowest BCUT2D eigenvalue weighted by Gasteiger charge is -2.07. The average molecular weight is 361 g/mol. The fourth-order valence-electron chi connectivity index (χ4n) is 1.81. The van der Waals surface area contributed by atoms with Crippen LogP contribution in [0.1, 0.15) is 5.56 Å². The lowest BCUT2D eigenvalue weighted by atomic mass is 10.2. The molecule has 1 heterocycles. The van der Waals surface area contributed by atoms with Gasteiger partial charge in [0.25, 0.3) is 0 Å². The van der Waals surface area contributed by atoms with Gasteiger partial charge in [-0.3, -0.25) is 0 Å². The Kier molecular flexibility index (Phi) is 4.52. The van der Waals surface area contributed by atoms with E-state index in [2.05, 4.69) is 38.4 Å². The molecular formula is C16H13BrN2OS. The molecule has 21 heavy (non-hydrogen) atoms. The average Bonchev–Trinajstić information content (AvgIpc) is 2.93. The highest BCUT2D eigenvalue weighted by atomic mass is 79.9.